The first-order chi connectivity index (χ1) is 16.1. The van der Waals surface area contributed by atoms with Crippen LogP contribution in [0.2, 0.25) is 0 Å². The van der Waals surface area contributed by atoms with Crippen LogP contribution in [0.1, 0.15) is 38.7 Å². The maximum absolute atomic E-state index is 13.2. The second-order valence-corrected chi connectivity index (χ2v) is 8.87. The molecule has 0 bridgehead atoms. The molecule has 0 unspecified atom stereocenters. The summed E-state index contributed by atoms with van der Waals surface area (Å²) in [5.41, 5.74) is 2.53. The molecule has 8 heteroatoms. The molecule has 0 saturated carbocycles. The lowest BCUT2D eigenvalue weighted by Crippen LogP contribution is -2.32. The number of benzene rings is 2. The molecule has 5 rings (SSSR count). The number of hydrogen-bond donors (Lipinski definition) is 0. The summed E-state index contributed by atoms with van der Waals surface area (Å²) in [4.78, 5) is 33.0. The third-order valence-electron chi connectivity index (χ3n) is 5.75. The zero-order valence-corrected chi connectivity index (χ0v) is 19.4. The first-order valence-electron chi connectivity index (χ1n) is 11.2. The van der Waals surface area contributed by atoms with Gasteiger partial charge in [-0.2, -0.15) is 9.50 Å². The fourth-order valence-corrected chi connectivity index (χ4v) is 5.06. The Morgan fingerprint density at radius 2 is 1.79 bits per heavy atom. The molecular formula is C25H24N4O3S. The van der Waals surface area contributed by atoms with Crippen LogP contribution in [0, 0.1) is 0 Å². The second-order valence-electron chi connectivity index (χ2n) is 7.89. The number of para-hydroxylation sites is 1. The van der Waals surface area contributed by atoms with Crippen molar-refractivity contribution < 1.29 is 9.53 Å². The molecule has 1 amide bonds. The topological polar surface area (TPSA) is 76.8 Å². The monoisotopic (exact) mass is 460 g/mol. The first-order valence-corrected chi connectivity index (χ1v) is 12.0. The zero-order chi connectivity index (χ0) is 22.9. The number of carbonyl (C=O) groups excluding carboxylic acids is 1. The van der Waals surface area contributed by atoms with Gasteiger partial charge in [-0.1, -0.05) is 49.3 Å². The van der Waals surface area contributed by atoms with Gasteiger partial charge in [-0.25, -0.2) is 0 Å². The van der Waals surface area contributed by atoms with Crippen LogP contribution in [-0.2, 0) is 4.79 Å². The van der Waals surface area contributed by atoms with Gasteiger partial charge in [-0.3, -0.25) is 9.59 Å². The molecule has 4 aromatic rings. The smallest absolute Gasteiger partial charge is 0.291 e. The normalized spacial score (nSPS) is 14.8. The molecule has 168 valence electrons. The predicted molar refractivity (Wildman–Crippen MR) is 130 cm³/mol. The van der Waals surface area contributed by atoms with Gasteiger partial charge in [0.2, 0.25) is 4.96 Å². The average Bonchev–Trinajstić information content (AvgIpc) is 3.47. The van der Waals surface area contributed by atoms with Crippen molar-refractivity contribution in [1.29, 1.82) is 0 Å². The summed E-state index contributed by atoms with van der Waals surface area (Å²) < 4.78 is 7.43. The maximum Gasteiger partial charge on any atom is 0.291 e. The lowest BCUT2D eigenvalue weighted by molar-refractivity contribution is -0.113. The van der Waals surface area contributed by atoms with Crippen LogP contribution < -0.4 is 19.7 Å². The van der Waals surface area contributed by atoms with Crippen LogP contribution in [0.4, 0.5) is 5.69 Å². The van der Waals surface area contributed by atoms with Crippen molar-refractivity contribution in [2.24, 2.45) is 0 Å². The Balaban J connectivity index is 1.49. The van der Waals surface area contributed by atoms with Crippen LogP contribution in [0.3, 0.4) is 0 Å². The summed E-state index contributed by atoms with van der Waals surface area (Å²) >= 11 is 1.20. The molecule has 0 radical (unpaired) electrons. The third-order valence-corrected chi connectivity index (χ3v) is 6.78. The summed E-state index contributed by atoms with van der Waals surface area (Å²) in [6.07, 6.45) is 3.35. The molecule has 2 aromatic heterocycles. The van der Waals surface area contributed by atoms with E-state index in [2.05, 4.69) is 17.0 Å². The number of carbonyl (C=O) groups is 1. The Kier molecular flexibility index (Phi) is 5.68. The van der Waals surface area contributed by atoms with E-state index >= 15 is 0 Å². The van der Waals surface area contributed by atoms with Crippen molar-refractivity contribution in [3.8, 4) is 17.1 Å². The highest BCUT2D eigenvalue weighted by molar-refractivity contribution is 7.15. The summed E-state index contributed by atoms with van der Waals surface area (Å²) in [6, 6.07) is 15.1. The molecule has 3 heterocycles. The molecule has 0 aliphatic carbocycles. The molecule has 1 aliphatic rings. The Bertz CT molecular complexity index is 1440. The Morgan fingerprint density at radius 1 is 1.00 bits per heavy atom. The highest BCUT2D eigenvalue weighted by Gasteiger charge is 2.33. The van der Waals surface area contributed by atoms with Crippen LogP contribution in [0.25, 0.3) is 21.9 Å². The standard InChI is InChI=1S/C25H24N4O3S/c1-3-5-8-15-32-17-13-11-16(12-14-17)22-26-25-29(27-22)24(31)21(33-25)20-18-9-6-7-10-19(18)28(4-2)23(20)30/h6-7,9-14H,3-5,8,15H2,1-2H3. The van der Waals surface area contributed by atoms with E-state index in [0.717, 1.165) is 41.8 Å². The average molecular weight is 461 g/mol. The number of nitrogens with zero attached hydrogens (tertiary/aromatic N) is 4. The molecule has 0 N–H and O–H groups in total. The van der Waals surface area contributed by atoms with Gasteiger partial charge in [-0.15, -0.1) is 5.10 Å². The summed E-state index contributed by atoms with van der Waals surface area (Å²) in [5, 5.41) is 4.44. The quantitative estimate of drug-likeness (QED) is 0.393. The molecule has 0 atom stereocenters. The molecule has 0 saturated heterocycles. The fourth-order valence-electron chi connectivity index (χ4n) is 4.06. The van der Waals surface area contributed by atoms with Crippen molar-refractivity contribution in [2.75, 3.05) is 18.1 Å². The van der Waals surface area contributed by atoms with Crippen molar-refractivity contribution in [3.05, 3.63) is 69.0 Å². The lowest BCUT2D eigenvalue weighted by Gasteiger charge is -2.13. The molecule has 0 fully saturated rings. The SMILES string of the molecule is CCCCCOc1ccc(-c2nc3sc(=C4C(=O)N(CC)c5ccccc54)c(=O)n3n2)cc1. The van der Waals surface area contributed by atoms with Crippen molar-refractivity contribution in [2.45, 2.75) is 33.1 Å². The van der Waals surface area contributed by atoms with E-state index < -0.39 is 0 Å². The van der Waals surface area contributed by atoms with Gasteiger partial charge in [0.25, 0.3) is 11.5 Å². The summed E-state index contributed by atoms with van der Waals surface area (Å²) in [7, 11) is 0. The van der Waals surface area contributed by atoms with E-state index in [4.69, 9.17) is 4.74 Å². The second kappa shape index (κ2) is 8.78. The molecule has 7 nitrogen and oxygen atoms in total. The van der Waals surface area contributed by atoms with Crippen LogP contribution in [-0.4, -0.2) is 33.7 Å². The molecule has 2 aromatic carbocycles. The Hall–Kier alpha value is -3.52. The molecular weight excluding hydrogens is 436 g/mol. The van der Waals surface area contributed by atoms with Gasteiger partial charge in [0.15, 0.2) is 5.82 Å². The zero-order valence-electron chi connectivity index (χ0n) is 18.6. The number of rotatable bonds is 7. The number of aromatic nitrogens is 3. The van der Waals surface area contributed by atoms with Gasteiger partial charge < -0.3 is 9.64 Å². The highest BCUT2D eigenvalue weighted by Crippen LogP contribution is 2.34. The van der Waals surface area contributed by atoms with Crippen molar-refractivity contribution in [1.82, 2.24) is 14.6 Å². The van der Waals surface area contributed by atoms with E-state index in [1.165, 1.54) is 15.9 Å². The van der Waals surface area contributed by atoms with E-state index in [1.54, 1.807) is 4.90 Å². The first kappa shape index (κ1) is 21.3. The summed E-state index contributed by atoms with van der Waals surface area (Å²) in [5.74, 6) is 1.12. The number of hydrogen-bond acceptors (Lipinski definition) is 6. The number of thiazole rings is 1. The lowest BCUT2D eigenvalue weighted by atomic mass is 10.1. The molecule has 0 spiro atoms. The third kappa shape index (κ3) is 3.70. The van der Waals surface area contributed by atoms with Gasteiger partial charge in [0, 0.05) is 17.7 Å². The van der Waals surface area contributed by atoms with Crippen LogP contribution in [0.5, 0.6) is 5.75 Å². The number of fused-ring (bicyclic) bond motifs is 2. The largest absolute Gasteiger partial charge is 0.494 e. The van der Waals surface area contributed by atoms with Gasteiger partial charge in [0.1, 0.15) is 10.3 Å². The number of ether oxygens (including phenoxy) is 1. The van der Waals surface area contributed by atoms with E-state index in [1.807, 2.05) is 55.5 Å². The van der Waals surface area contributed by atoms with Crippen LogP contribution >= 0.6 is 11.3 Å². The molecule has 1 aliphatic heterocycles. The fraction of sp³-hybridized carbons (Fsp3) is 0.280. The maximum atomic E-state index is 13.2. The number of likely N-dealkylation sites (N-methyl/N-ethyl adjacent to an activating group) is 1. The van der Waals surface area contributed by atoms with Gasteiger partial charge in [0.05, 0.1) is 17.9 Å². The van der Waals surface area contributed by atoms with Gasteiger partial charge in [-0.05, 0) is 43.7 Å². The number of amides is 1. The Morgan fingerprint density at radius 3 is 2.52 bits per heavy atom. The van der Waals surface area contributed by atoms with E-state index in [9.17, 15) is 9.59 Å². The number of anilines is 1. The van der Waals surface area contributed by atoms with E-state index in [0.29, 0.717) is 34.0 Å². The van der Waals surface area contributed by atoms with Crippen molar-refractivity contribution in [3.63, 3.8) is 0 Å². The van der Waals surface area contributed by atoms with E-state index in [-0.39, 0.29) is 11.5 Å². The van der Waals surface area contributed by atoms with Crippen LogP contribution in [0.15, 0.2) is 53.3 Å². The Labute approximate surface area is 194 Å². The van der Waals surface area contributed by atoms with Gasteiger partial charge >= 0.3 is 0 Å². The van der Waals surface area contributed by atoms with Crippen molar-refractivity contribution >= 4 is 33.5 Å². The minimum atomic E-state index is -0.319. The predicted octanol–water partition coefficient (Wildman–Crippen LogP) is 3.67. The summed E-state index contributed by atoms with van der Waals surface area (Å²) in [6.45, 7) is 5.32. The minimum absolute atomic E-state index is 0.157. The minimum Gasteiger partial charge on any atom is -0.494 e. The highest BCUT2D eigenvalue weighted by atomic mass is 32.1. The number of unbranched alkanes of at least 4 members (excludes halogenated alkanes) is 2. The molecule has 33 heavy (non-hydrogen) atoms.